The van der Waals surface area contributed by atoms with Gasteiger partial charge in [-0.1, -0.05) is 27.2 Å². The first-order chi connectivity index (χ1) is 6.04. The molecule has 78 valence electrons. The highest BCUT2D eigenvalue weighted by Gasteiger charge is 2.40. The lowest BCUT2D eigenvalue weighted by atomic mass is 9.81. The van der Waals surface area contributed by atoms with Gasteiger partial charge in [0.1, 0.15) is 0 Å². The molecule has 1 aliphatic heterocycles. The van der Waals surface area contributed by atoms with Crippen LogP contribution in [0.25, 0.3) is 0 Å². The first-order valence-electron chi connectivity index (χ1n) is 5.49. The van der Waals surface area contributed by atoms with E-state index in [1.54, 1.807) is 0 Å². The Morgan fingerprint density at radius 1 is 1.46 bits per heavy atom. The van der Waals surface area contributed by atoms with E-state index in [4.69, 9.17) is 5.73 Å². The summed E-state index contributed by atoms with van der Waals surface area (Å²) >= 11 is 0. The van der Waals surface area contributed by atoms with Crippen molar-refractivity contribution in [3.05, 3.63) is 0 Å². The summed E-state index contributed by atoms with van der Waals surface area (Å²) in [6.45, 7) is 12.4. The van der Waals surface area contributed by atoms with Gasteiger partial charge in [-0.3, -0.25) is 4.90 Å². The Kier molecular flexibility index (Phi) is 3.36. The van der Waals surface area contributed by atoms with Crippen molar-refractivity contribution >= 4 is 0 Å². The molecule has 1 rings (SSSR count). The van der Waals surface area contributed by atoms with Gasteiger partial charge in [0.15, 0.2) is 0 Å². The summed E-state index contributed by atoms with van der Waals surface area (Å²) in [5.41, 5.74) is 6.09. The van der Waals surface area contributed by atoms with Crippen molar-refractivity contribution in [2.45, 2.75) is 39.7 Å². The molecule has 0 aromatic heterocycles. The molecule has 1 atom stereocenters. The van der Waals surface area contributed by atoms with Crippen LogP contribution in [0.3, 0.4) is 0 Å². The predicted molar refractivity (Wildman–Crippen MR) is 57.7 cm³/mol. The Bertz CT molecular complexity index is 161. The normalized spacial score (nSPS) is 24.5. The lowest BCUT2D eigenvalue weighted by Gasteiger charge is -2.52. The van der Waals surface area contributed by atoms with Crippen molar-refractivity contribution in [1.29, 1.82) is 0 Å². The first kappa shape index (κ1) is 11.0. The first-order valence-corrected chi connectivity index (χ1v) is 5.49. The molecular weight excluding hydrogens is 160 g/mol. The van der Waals surface area contributed by atoms with Crippen LogP contribution in [0, 0.1) is 11.8 Å². The Morgan fingerprint density at radius 2 is 2.00 bits per heavy atom. The zero-order chi connectivity index (χ0) is 10.1. The number of likely N-dealkylation sites (tertiary alicyclic amines) is 1. The van der Waals surface area contributed by atoms with E-state index in [0.29, 0.717) is 5.92 Å². The van der Waals surface area contributed by atoms with Crippen molar-refractivity contribution < 1.29 is 0 Å². The zero-order valence-corrected chi connectivity index (χ0v) is 9.51. The maximum atomic E-state index is 5.86. The molecule has 1 unspecified atom stereocenters. The molecule has 0 amide bonds. The molecule has 1 saturated heterocycles. The Labute approximate surface area is 82.5 Å². The minimum atomic E-state index is 0.228. The lowest BCUT2D eigenvalue weighted by molar-refractivity contribution is -0.0283. The van der Waals surface area contributed by atoms with Crippen molar-refractivity contribution in [1.82, 2.24) is 4.90 Å². The van der Waals surface area contributed by atoms with E-state index in [1.807, 2.05) is 0 Å². The second kappa shape index (κ2) is 3.97. The largest absolute Gasteiger partial charge is 0.329 e. The molecule has 13 heavy (non-hydrogen) atoms. The van der Waals surface area contributed by atoms with E-state index in [9.17, 15) is 0 Å². The SMILES string of the molecule is CCC1CN(C(C)(CN)C(C)C)C1. The topological polar surface area (TPSA) is 29.3 Å². The van der Waals surface area contributed by atoms with E-state index in [-0.39, 0.29) is 5.54 Å². The highest BCUT2D eigenvalue weighted by Crippen LogP contribution is 2.31. The average molecular weight is 184 g/mol. The summed E-state index contributed by atoms with van der Waals surface area (Å²) in [7, 11) is 0. The highest BCUT2D eigenvalue weighted by molar-refractivity contribution is 4.96. The summed E-state index contributed by atoms with van der Waals surface area (Å²) in [4.78, 5) is 2.55. The average Bonchev–Trinajstić information content (AvgIpc) is 2.01. The summed E-state index contributed by atoms with van der Waals surface area (Å²) in [5, 5.41) is 0. The van der Waals surface area contributed by atoms with Crippen molar-refractivity contribution in [3.8, 4) is 0 Å². The lowest BCUT2D eigenvalue weighted by Crippen LogP contribution is -2.63. The smallest absolute Gasteiger partial charge is 0.0326 e. The summed E-state index contributed by atoms with van der Waals surface area (Å²) in [6, 6.07) is 0. The van der Waals surface area contributed by atoms with E-state index < -0.39 is 0 Å². The Balaban J connectivity index is 2.50. The maximum absolute atomic E-state index is 5.86. The van der Waals surface area contributed by atoms with Crippen LogP contribution in [0.15, 0.2) is 0 Å². The molecule has 0 aromatic carbocycles. The third kappa shape index (κ3) is 1.89. The quantitative estimate of drug-likeness (QED) is 0.720. The molecule has 0 aromatic rings. The van der Waals surface area contributed by atoms with Crippen LogP contribution in [-0.4, -0.2) is 30.1 Å². The third-order valence-corrected chi connectivity index (χ3v) is 3.91. The zero-order valence-electron chi connectivity index (χ0n) is 9.51. The molecule has 2 nitrogen and oxygen atoms in total. The van der Waals surface area contributed by atoms with Crippen molar-refractivity contribution in [2.24, 2.45) is 17.6 Å². The molecule has 0 aliphatic carbocycles. The fourth-order valence-electron chi connectivity index (χ4n) is 1.98. The van der Waals surface area contributed by atoms with Gasteiger partial charge < -0.3 is 5.73 Å². The minimum Gasteiger partial charge on any atom is -0.329 e. The Morgan fingerprint density at radius 3 is 2.31 bits per heavy atom. The third-order valence-electron chi connectivity index (χ3n) is 3.91. The van der Waals surface area contributed by atoms with E-state index >= 15 is 0 Å². The van der Waals surface area contributed by atoms with Crippen LogP contribution >= 0.6 is 0 Å². The number of rotatable bonds is 4. The molecule has 2 N–H and O–H groups in total. The van der Waals surface area contributed by atoms with Crippen molar-refractivity contribution in [3.63, 3.8) is 0 Å². The van der Waals surface area contributed by atoms with Gasteiger partial charge in [0.25, 0.3) is 0 Å². The summed E-state index contributed by atoms with van der Waals surface area (Å²) < 4.78 is 0. The predicted octanol–water partition coefficient (Wildman–Crippen LogP) is 1.70. The van der Waals surface area contributed by atoms with Gasteiger partial charge in [-0.05, 0) is 18.8 Å². The number of hydrogen-bond donors (Lipinski definition) is 1. The van der Waals surface area contributed by atoms with Crippen molar-refractivity contribution in [2.75, 3.05) is 19.6 Å². The molecule has 1 aliphatic rings. The van der Waals surface area contributed by atoms with E-state index in [2.05, 4.69) is 32.6 Å². The standard InChI is InChI=1S/C11H24N2/c1-5-10-6-13(7-10)11(4,8-12)9(2)3/h9-10H,5-8,12H2,1-4H3. The second-order valence-corrected chi connectivity index (χ2v) is 4.90. The second-order valence-electron chi connectivity index (χ2n) is 4.90. The van der Waals surface area contributed by atoms with Gasteiger partial charge in [0.2, 0.25) is 0 Å². The number of nitrogens with two attached hydrogens (primary N) is 1. The van der Waals surface area contributed by atoms with Gasteiger partial charge in [-0.2, -0.15) is 0 Å². The van der Waals surface area contributed by atoms with Crippen LogP contribution in [-0.2, 0) is 0 Å². The molecular formula is C11H24N2. The minimum absolute atomic E-state index is 0.228. The molecule has 2 heteroatoms. The fourth-order valence-corrected chi connectivity index (χ4v) is 1.98. The monoisotopic (exact) mass is 184 g/mol. The van der Waals surface area contributed by atoms with Crippen LogP contribution in [0.2, 0.25) is 0 Å². The molecule has 1 heterocycles. The summed E-state index contributed by atoms with van der Waals surface area (Å²) in [5.74, 6) is 1.57. The molecule has 0 saturated carbocycles. The van der Waals surface area contributed by atoms with Crippen LogP contribution in [0.1, 0.15) is 34.1 Å². The fraction of sp³-hybridized carbons (Fsp3) is 1.00. The molecule has 0 bridgehead atoms. The van der Waals surface area contributed by atoms with Crippen LogP contribution in [0.4, 0.5) is 0 Å². The van der Waals surface area contributed by atoms with E-state index in [0.717, 1.165) is 12.5 Å². The molecule has 1 fully saturated rings. The summed E-state index contributed by atoms with van der Waals surface area (Å²) in [6.07, 6.45) is 1.31. The number of hydrogen-bond acceptors (Lipinski definition) is 2. The number of nitrogens with zero attached hydrogens (tertiary/aromatic N) is 1. The van der Waals surface area contributed by atoms with Gasteiger partial charge in [0, 0.05) is 25.2 Å². The van der Waals surface area contributed by atoms with Gasteiger partial charge in [0.05, 0.1) is 0 Å². The van der Waals surface area contributed by atoms with Gasteiger partial charge in [-0.15, -0.1) is 0 Å². The van der Waals surface area contributed by atoms with E-state index in [1.165, 1.54) is 19.5 Å². The molecule has 0 spiro atoms. The Hall–Kier alpha value is -0.0800. The van der Waals surface area contributed by atoms with Gasteiger partial charge in [-0.25, -0.2) is 0 Å². The maximum Gasteiger partial charge on any atom is 0.0326 e. The molecule has 0 radical (unpaired) electrons. The van der Waals surface area contributed by atoms with Crippen LogP contribution < -0.4 is 5.73 Å². The van der Waals surface area contributed by atoms with Gasteiger partial charge >= 0.3 is 0 Å². The highest BCUT2D eigenvalue weighted by atomic mass is 15.3. The van der Waals surface area contributed by atoms with Crippen LogP contribution in [0.5, 0.6) is 0 Å².